The fourth-order valence-electron chi connectivity index (χ4n) is 4.49. The van der Waals surface area contributed by atoms with E-state index in [0.717, 1.165) is 49.2 Å². The number of rotatable bonds is 5. The van der Waals surface area contributed by atoms with Gasteiger partial charge in [0.2, 0.25) is 5.91 Å². The zero-order valence-electron chi connectivity index (χ0n) is 19.2. The predicted octanol–water partition coefficient (Wildman–Crippen LogP) is 5.54. The number of carbonyl (C=O) groups is 1. The summed E-state index contributed by atoms with van der Waals surface area (Å²) >= 11 is 1.36. The SMILES string of the molecule is Cc1ccccc1-n1c(S[C@H](C(=O)N2CCCCC2)c2ccccc2)nc2ccccc2c1=O. The summed E-state index contributed by atoms with van der Waals surface area (Å²) in [6.07, 6.45) is 3.21. The van der Waals surface area contributed by atoms with Crippen LogP contribution in [0.5, 0.6) is 0 Å². The van der Waals surface area contributed by atoms with Crippen molar-refractivity contribution in [2.24, 2.45) is 0 Å². The molecule has 1 aliphatic rings. The second-order valence-corrected chi connectivity index (χ2v) is 9.71. The summed E-state index contributed by atoms with van der Waals surface area (Å²) in [5, 5.41) is 0.605. The van der Waals surface area contributed by atoms with Crippen LogP contribution in [0.3, 0.4) is 0 Å². The van der Waals surface area contributed by atoms with Crippen LogP contribution in [0.25, 0.3) is 16.6 Å². The van der Waals surface area contributed by atoms with Gasteiger partial charge in [0.1, 0.15) is 5.25 Å². The van der Waals surface area contributed by atoms with Gasteiger partial charge in [-0.15, -0.1) is 0 Å². The number of aromatic nitrogens is 2. The van der Waals surface area contributed by atoms with Gasteiger partial charge in [-0.2, -0.15) is 0 Å². The smallest absolute Gasteiger partial charge is 0.266 e. The van der Waals surface area contributed by atoms with Crippen molar-refractivity contribution in [2.75, 3.05) is 13.1 Å². The fraction of sp³-hybridized carbons (Fsp3) is 0.250. The number of benzene rings is 3. The van der Waals surface area contributed by atoms with Crippen molar-refractivity contribution in [3.63, 3.8) is 0 Å². The number of hydrogen-bond acceptors (Lipinski definition) is 4. The molecule has 1 saturated heterocycles. The average molecular weight is 470 g/mol. The number of hydrogen-bond donors (Lipinski definition) is 0. The molecule has 0 bridgehead atoms. The molecule has 0 saturated carbocycles. The van der Waals surface area contributed by atoms with Gasteiger partial charge < -0.3 is 4.90 Å². The van der Waals surface area contributed by atoms with Gasteiger partial charge in [-0.05, 0) is 55.5 Å². The highest BCUT2D eigenvalue weighted by atomic mass is 32.2. The van der Waals surface area contributed by atoms with E-state index in [1.165, 1.54) is 11.8 Å². The number of thioether (sulfide) groups is 1. The topological polar surface area (TPSA) is 55.2 Å². The Bertz CT molecular complexity index is 1380. The lowest BCUT2D eigenvalue weighted by Gasteiger charge is -2.30. The first-order chi connectivity index (χ1) is 16.6. The molecule has 5 rings (SSSR count). The molecule has 0 radical (unpaired) electrons. The van der Waals surface area contributed by atoms with Crippen molar-refractivity contribution >= 4 is 28.6 Å². The molecular weight excluding hydrogens is 442 g/mol. The van der Waals surface area contributed by atoms with Gasteiger partial charge >= 0.3 is 0 Å². The summed E-state index contributed by atoms with van der Waals surface area (Å²) < 4.78 is 1.67. The Morgan fingerprint density at radius 3 is 2.32 bits per heavy atom. The Kier molecular flexibility index (Phi) is 6.50. The number of carbonyl (C=O) groups excluding carboxylic acids is 1. The highest BCUT2D eigenvalue weighted by Gasteiger charge is 2.30. The number of aryl methyl sites for hydroxylation is 1. The molecule has 0 aliphatic carbocycles. The summed E-state index contributed by atoms with van der Waals surface area (Å²) in [6.45, 7) is 3.54. The van der Waals surface area contributed by atoms with E-state index in [-0.39, 0.29) is 11.5 Å². The van der Waals surface area contributed by atoms with Gasteiger partial charge in [-0.25, -0.2) is 4.98 Å². The van der Waals surface area contributed by atoms with Crippen molar-refractivity contribution in [3.8, 4) is 5.69 Å². The number of amides is 1. The number of nitrogens with zero attached hydrogens (tertiary/aromatic N) is 3. The first-order valence-electron chi connectivity index (χ1n) is 11.7. The van der Waals surface area contributed by atoms with Crippen LogP contribution in [0.2, 0.25) is 0 Å². The zero-order valence-corrected chi connectivity index (χ0v) is 20.0. The van der Waals surface area contributed by atoms with E-state index in [1.807, 2.05) is 84.6 Å². The lowest BCUT2D eigenvalue weighted by molar-refractivity contribution is -0.131. The Labute approximate surface area is 203 Å². The third-order valence-electron chi connectivity index (χ3n) is 6.32. The van der Waals surface area contributed by atoms with Gasteiger partial charge in [0.15, 0.2) is 5.16 Å². The van der Waals surface area contributed by atoms with E-state index >= 15 is 0 Å². The number of piperidine rings is 1. The average Bonchev–Trinajstić information content (AvgIpc) is 2.89. The standard InChI is InChI=1S/C28H27N3O2S/c1-20-12-6-9-17-24(20)31-26(32)22-15-7-8-16-23(22)29-28(31)34-25(21-13-4-2-5-14-21)27(33)30-18-10-3-11-19-30/h2,4-9,12-17,25H,3,10-11,18-19H2,1H3/t25-/m0/s1. The van der Waals surface area contributed by atoms with Crippen LogP contribution in [0.4, 0.5) is 0 Å². The molecule has 3 aromatic carbocycles. The molecule has 2 heterocycles. The van der Waals surface area contributed by atoms with Crippen LogP contribution >= 0.6 is 11.8 Å². The lowest BCUT2D eigenvalue weighted by atomic mass is 10.1. The van der Waals surface area contributed by atoms with E-state index in [2.05, 4.69) is 0 Å². The molecule has 1 fully saturated rings. The van der Waals surface area contributed by atoms with Gasteiger partial charge in [-0.1, -0.05) is 72.4 Å². The van der Waals surface area contributed by atoms with E-state index in [9.17, 15) is 9.59 Å². The van der Waals surface area contributed by atoms with Gasteiger partial charge in [0, 0.05) is 13.1 Å². The second-order valence-electron chi connectivity index (χ2n) is 8.63. The molecule has 0 unspecified atom stereocenters. The van der Waals surface area contributed by atoms with Crippen LogP contribution in [0.1, 0.15) is 35.6 Å². The molecule has 1 aromatic heterocycles. The lowest BCUT2D eigenvalue weighted by Crippen LogP contribution is -2.38. The molecule has 1 atom stereocenters. The summed E-state index contributed by atoms with van der Waals surface area (Å²) in [7, 11) is 0. The van der Waals surface area contributed by atoms with Crippen molar-refractivity contribution in [2.45, 2.75) is 36.6 Å². The normalized spacial score (nSPS) is 14.8. The maximum absolute atomic E-state index is 13.8. The van der Waals surface area contributed by atoms with Crippen LogP contribution in [-0.2, 0) is 4.79 Å². The van der Waals surface area contributed by atoms with Gasteiger partial charge in [0.05, 0.1) is 16.6 Å². The molecule has 0 N–H and O–H groups in total. The molecule has 6 heteroatoms. The van der Waals surface area contributed by atoms with Crippen molar-refractivity contribution < 1.29 is 4.79 Å². The maximum atomic E-state index is 13.8. The third-order valence-corrected chi connectivity index (χ3v) is 7.51. The first-order valence-corrected chi connectivity index (χ1v) is 12.6. The minimum atomic E-state index is -0.484. The number of fused-ring (bicyclic) bond motifs is 1. The summed E-state index contributed by atoms with van der Waals surface area (Å²) in [5.41, 5.74) is 3.19. The fourth-order valence-corrected chi connectivity index (χ4v) is 5.68. The molecule has 172 valence electrons. The zero-order chi connectivity index (χ0) is 23.5. The summed E-state index contributed by atoms with van der Waals surface area (Å²) in [6, 6.07) is 25.0. The van der Waals surface area contributed by atoms with Crippen molar-refractivity contribution in [1.82, 2.24) is 14.5 Å². The van der Waals surface area contributed by atoms with E-state index < -0.39 is 5.25 Å². The molecule has 1 amide bonds. The molecule has 0 spiro atoms. The monoisotopic (exact) mass is 469 g/mol. The number of para-hydroxylation sites is 2. The Hall–Kier alpha value is -3.38. The van der Waals surface area contributed by atoms with E-state index in [1.54, 1.807) is 10.6 Å². The van der Waals surface area contributed by atoms with Gasteiger partial charge in [0.25, 0.3) is 5.56 Å². The second kappa shape index (κ2) is 9.85. The maximum Gasteiger partial charge on any atom is 0.266 e. The highest BCUT2D eigenvalue weighted by Crippen LogP contribution is 2.37. The Morgan fingerprint density at radius 1 is 0.882 bits per heavy atom. The predicted molar refractivity (Wildman–Crippen MR) is 138 cm³/mol. The van der Waals surface area contributed by atoms with E-state index in [4.69, 9.17) is 4.98 Å². The third kappa shape index (κ3) is 4.38. The van der Waals surface area contributed by atoms with Crippen molar-refractivity contribution in [1.29, 1.82) is 0 Å². The number of likely N-dealkylation sites (tertiary alicyclic amines) is 1. The molecule has 34 heavy (non-hydrogen) atoms. The van der Waals surface area contributed by atoms with Crippen LogP contribution < -0.4 is 5.56 Å². The van der Waals surface area contributed by atoms with Gasteiger partial charge in [-0.3, -0.25) is 14.2 Å². The Morgan fingerprint density at radius 2 is 1.56 bits per heavy atom. The molecular formula is C28H27N3O2S. The van der Waals surface area contributed by atoms with Crippen LogP contribution in [0.15, 0.2) is 88.8 Å². The molecule has 1 aliphatic heterocycles. The minimum absolute atomic E-state index is 0.0784. The van der Waals surface area contributed by atoms with Crippen LogP contribution in [-0.4, -0.2) is 33.4 Å². The summed E-state index contributed by atoms with van der Waals surface area (Å²) in [4.78, 5) is 34.3. The Balaban J connectivity index is 1.67. The largest absolute Gasteiger partial charge is 0.341 e. The first kappa shape index (κ1) is 22.4. The molecule has 5 nitrogen and oxygen atoms in total. The highest BCUT2D eigenvalue weighted by molar-refractivity contribution is 8.00. The van der Waals surface area contributed by atoms with E-state index in [0.29, 0.717) is 16.1 Å². The van der Waals surface area contributed by atoms with Crippen LogP contribution in [0, 0.1) is 6.92 Å². The summed E-state index contributed by atoms with van der Waals surface area (Å²) in [5.74, 6) is 0.0784. The minimum Gasteiger partial charge on any atom is -0.341 e. The quantitative estimate of drug-likeness (QED) is 0.284. The molecule has 4 aromatic rings. The van der Waals surface area contributed by atoms with Crippen molar-refractivity contribution in [3.05, 3.63) is 100 Å².